The maximum Gasteiger partial charge on any atom is 0.416 e. The van der Waals surface area contributed by atoms with E-state index in [1.807, 2.05) is 152 Å². The normalized spacial score (nSPS) is 11.2. The third kappa shape index (κ3) is 8.08. The van der Waals surface area contributed by atoms with Crippen molar-refractivity contribution < 1.29 is 13.2 Å². The molecule has 0 aliphatic rings. The van der Waals surface area contributed by atoms with E-state index in [1.54, 1.807) is 36.4 Å². The van der Waals surface area contributed by atoms with Gasteiger partial charge in [0.05, 0.1) is 88.6 Å². The first kappa shape index (κ1) is 47.5. The van der Waals surface area contributed by atoms with E-state index in [0.717, 1.165) is 89.2 Å². The Bertz CT molecular complexity index is 4590. The number of aromatic nitrogens is 2. The molecule has 0 amide bonds. The molecule has 78 heavy (non-hydrogen) atoms. The van der Waals surface area contributed by atoms with Gasteiger partial charge in [-0.1, -0.05) is 121 Å². The van der Waals surface area contributed by atoms with Crippen LogP contribution in [0.2, 0.25) is 0 Å². The Labute approximate surface area is 445 Å². The van der Waals surface area contributed by atoms with Crippen molar-refractivity contribution in [3.63, 3.8) is 0 Å². The van der Waals surface area contributed by atoms with E-state index in [2.05, 4.69) is 34.6 Å². The third-order valence-corrected chi connectivity index (χ3v) is 14.2. The van der Waals surface area contributed by atoms with Crippen LogP contribution in [0, 0.1) is 49.0 Å². The van der Waals surface area contributed by atoms with E-state index in [9.17, 15) is 23.7 Å². The molecular formula is C67H33F3N8. The average molecular weight is 1010 g/mol. The number of alkyl halides is 3. The predicted molar refractivity (Wildman–Crippen MR) is 302 cm³/mol. The van der Waals surface area contributed by atoms with E-state index in [4.69, 9.17) is 26.3 Å². The molecule has 12 aromatic rings. The summed E-state index contributed by atoms with van der Waals surface area (Å²) >= 11 is 0. The van der Waals surface area contributed by atoms with E-state index in [0.29, 0.717) is 45.0 Å². The summed E-state index contributed by atoms with van der Waals surface area (Å²) in [4.78, 5) is 15.2. The zero-order valence-corrected chi connectivity index (χ0v) is 40.8. The monoisotopic (exact) mass is 1010 g/mol. The molecule has 0 fully saturated rings. The molecule has 0 unspecified atom stereocenters. The molecule has 12 rings (SSSR count). The van der Waals surface area contributed by atoms with Gasteiger partial charge in [-0.2, -0.15) is 23.7 Å². The van der Waals surface area contributed by atoms with Gasteiger partial charge in [0.25, 0.3) is 0 Å². The second-order valence-corrected chi connectivity index (χ2v) is 18.6. The van der Waals surface area contributed by atoms with Crippen molar-refractivity contribution in [1.82, 2.24) is 9.13 Å². The summed E-state index contributed by atoms with van der Waals surface area (Å²) in [5, 5.41) is 24.0. The SMILES string of the molecule is [C-]#[N+]c1cccc(-c2ccc3c4ccc(-c5cccc([N+]#[C-])c5)cc4n(-c4cc([N+]#[C-])c(-c5ccc(C(F)(F)F)cc5C#N)cc4-n4c5cc(-c6cccc(C#N)c6)ccc5c5ccc(-c6cccc([N+]#[C-])c6)cc54)c3c2)c1. The van der Waals surface area contributed by atoms with Crippen LogP contribution in [-0.4, -0.2) is 9.13 Å². The minimum atomic E-state index is -4.75. The standard InChI is InChI=1S/C67H33F3N8/c1-73-51-14-6-11-42(29-51)46-18-23-56-55-22-17-45(41-10-5-9-40(27-41)38-71)32-61(55)77(62(56)33-46)65-36-59(54-26-21-50(67(68,69)70)28-49(54)39-72)60(76-4)37-66(65)78-63-34-47(43-12-7-15-52(30-43)74-2)19-24-57(63)58-25-20-48(35-64(58)78)44-13-8-16-53(31-44)75-3/h5-37H. The van der Waals surface area contributed by atoms with Crippen LogP contribution < -0.4 is 0 Å². The highest BCUT2D eigenvalue weighted by Gasteiger charge is 2.32. The molecule has 8 nitrogen and oxygen atoms in total. The van der Waals surface area contributed by atoms with Gasteiger partial charge in [0.15, 0.2) is 22.7 Å². The molecule has 0 saturated carbocycles. The maximum absolute atomic E-state index is 14.3. The Hall–Kier alpha value is -11.5. The minimum absolute atomic E-state index is 0.0632. The van der Waals surface area contributed by atoms with Crippen LogP contribution in [0.4, 0.5) is 35.9 Å². The molecule has 0 spiro atoms. The lowest BCUT2D eigenvalue weighted by molar-refractivity contribution is -0.137. The summed E-state index contributed by atoms with van der Waals surface area (Å²) in [6.45, 7) is 32.2. The van der Waals surface area contributed by atoms with Gasteiger partial charge in [-0.15, -0.1) is 0 Å². The van der Waals surface area contributed by atoms with Crippen LogP contribution in [0.15, 0.2) is 200 Å². The Kier molecular flexibility index (Phi) is 11.4. The summed E-state index contributed by atoms with van der Waals surface area (Å²) in [5.41, 5.74) is 11.2. The van der Waals surface area contributed by atoms with Crippen LogP contribution in [0.5, 0.6) is 0 Å². The highest BCUT2D eigenvalue weighted by atomic mass is 19.4. The highest BCUT2D eigenvalue weighted by molar-refractivity contribution is 6.14. The number of nitrogens with zero attached hydrogens (tertiary/aromatic N) is 8. The van der Waals surface area contributed by atoms with E-state index >= 15 is 0 Å². The first-order valence-electron chi connectivity index (χ1n) is 24.3. The topological polar surface area (TPSA) is 74.9 Å². The third-order valence-electron chi connectivity index (χ3n) is 14.2. The molecule has 0 bridgehead atoms. The van der Waals surface area contributed by atoms with Gasteiger partial charge in [-0.25, -0.2) is 19.4 Å². The lowest BCUT2D eigenvalue weighted by atomic mass is 9.95. The molecule has 2 heterocycles. The molecule has 0 N–H and O–H groups in total. The molecule has 0 aliphatic carbocycles. The second kappa shape index (κ2) is 18.8. The van der Waals surface area contributed by atoms with Gasteiger partial charge in [-0.05, 0) is 134 Å². The largest absolute Gasteiger partial charge is 0.416 e. The number of nitriles is 2. The molecule has 0 saturated heterocycles. The van der Waals surface area contributed by atoms with Crippen molar-refractivity contribution in [2.24, 2.45) is 0 Å². The summed E-state index contributed by atoms with van der Waals surface area (Å²) < 4.78 is 47.1. The maximum atomic E-state index is 14.3. The number of hydrogen-bond acceptors (Lipinski definition) is 2. The molecule has 2 aromatic heterocycles. The summed E-state index contributed by atoms with van der Waals surface area (Å²) in [5.74, 6) is 0. The zero-order chi connectivity index (χ0) is 53.8. The highest BCUT2D eigenvalue weighted by Crippen LogP contribution is 2.47. The quantitative estimate of drug-likeness (QED) is 0.149. The van der Waals surface area contributed by atoms with Gasteiger partial charge < -0.3 is 9.13 Å². The Balaban J connectivity index is 1.27. The van der Waals surface area contributed by atoms with Crippen molar-refractivity contribution in [3.8, 4) is 79.1 Å². The molecule has 0 radical (unpaired) electrons. The number of rotatable bonds is 7. The van der Waals surface area contributed by atoms with Gasteiger partial charge >= 0.3 is 6.18 Å². The Morgan fingerprint density at radius 1 is 0.372 bits per heavy atom. The lowest BCUT2D eigenvalue weighted by Gasteiger charge is -2.21. The number of benzene rings is 10. The fraction of sp³-hybridized carbons (Fsp3) is 0.0149. The molecular weight excluding hydrogens is 974 g/mol. The number of halogens is 3. The summed E-state index contributed by atoms with van der Waals surface area (Å²) in [6, 6.07) is 64.3. The van der Waals surface area contributed by atoms with Gasteiger partial charge in [0.1, 0.15) is 0 Å². The molecule has 0 aliphatic heterocycles. The van der Waals surface area contributed by atoms with Crippen LogP contribution in [0.3, 0.4) is 0 Å². The van der Waals surface area contributed by atoms with Crippen molar-refractivity contribution in [2.75, 3.05) is 0 Å². The number of hydrogen-bond donors (Lipinski definition) is 0. The average Bonchev–Trinajstić information content (AvgIpc) is 4.20. The smallest absolute Gasteiger partial charge is 0.308 e. The van der Waals surface area contributed by atoms with E-state index in [1.165, 1.54) is 6.07 Å². The van der Waals surface area contributed by atoms with Crippen molar-refractivity contribution in [3.05, 3.63) is 263 Å². The van der Waals surface area contributed by atoms with Gasteiger partial charge in [0, 0.05) is 21.5 Å². The van der Waals surface area contributed by atoms with Crippen molar-refractivity contribution >= 4 is 66.4 Å². The zero-order valence-electron chi connectivity index (χ0n) is 40.8. The van der Waals surface area contributed by atoms with Gasteiger partial charge in [-0.3, -0.25) is 0 Å². The van der Waals surface area contributed by atoms with Crippen molar-refractivity contribution in [1.29, 1.82) is 10.5 Å². The number of fused-ring (bicyclic) bond motifs is 6. The molecule has 362 valence electrons. The van der Waals surface area contributed by atoms with Crippen LogP contribution in [0.1, 0.15) is 16.7 Å². The first-order chi connectivity index (χ1) is 38.0. The summed E-state index contributed by atoms with van der Waals surface area (Å²) in [7, 11) is 0. The van der Waals surface area contributed by atoms with Crippen LogP contribution >= 0.6 is 0 Å². The van der Waals surface area contributed by atoms with Crippen LogP contribution in [0.25, 0.3) is 130 Å². The predicted octanol–water partition coefficient (Wildman–Crippen LogP) is 19.2. The summed E-state index contributed by atoms with van der Waals surface area (Å²) in [6.07, 6.45) is -4.75. The minimum Gasteiger partial charge on any atom is -0.308 e. The molecule has 10 aromatic carbocycles. The Morgan fingerprint density at radius 2 is 0.769 bits per heavy atom. The van der Waals surface area contributed by atoms with Gasteiger partial charge in [0.2, 0.25) is 0 Å². The van der Waals surface area contributed by atoms with Crippen LogP contribution in [-0.2, 0) is 6.18 Å². The van der Waals surface area contributed by atoms with E-state index < -0.39 is 11.7 Å². The fourth-order valence-electron chi connectivity index (χ4n) is 10.6. The van der Waals surface area contributed by atoms with Crippen molar-refractivity contribution in [2.45, 2.75) is 6.18 Å². The molecule has 0 atom stereocenters. The Morgan fingerprint density at radius 3 is 1.15 bits per heavy atom. The first-order valence-corrected chi connectivity index (χ1v) is 24.3. The van der Waals surface area contributed by atoms with E-state index in [-0.39, 0.29) is 22.4 Å². The lowest BCUT2D eigenvalue weighted by Crippen LogP contribution is -2.06. The molecule has 11 heteroatoms. The fourth-order valence-corrected chi connectivity index (χ4v) is 10.6. The second-order valence-electron chi connectivity index (χ2n) is 18.6.